The molecule has 0 bridgehead atoms. The molecule has 0 aliphatic carbocycles. The average molecular weight is 298 g/mol. The summed E-state index contributed by atoms with van der Waals surface area (Å²) in [5.74, 6) is -0.204. The summed E-state index contributed by atoms with van der Waals surface area (Å²) in [6, 6.07) is 9.15. The fraction of sp³-hybridized carbons (Fsp3) is 0.333. The summed E-state index contributed by atoms with van der Waals surface area (Å²) in [6.07, 6.45) is 1.08. The molecule has 1 atom stereocenters. The van der Waals surface area contributed by atoms with Crippen molar-refractivity contribution in [1.29, 1.82) is 0 Å². The summed E-state index contributed by atoms with van der Waals surface area (Å²) in [4.78, 5) is 0.868. The maximum Gasteiger partial charge on any atom is 0.131 e. The third kappa shape index (κ3) is 3.56. The zero-order valence-corrected chi connectivity index (χ0v) is 12.6. The SMILES string of the molecule is CCCNC(C)c1ccc(F)c(-c2ccc(Cl)s2)c1. The monoisotopic (exact) mass is 297 g/mol. The summed E-state index contributed by atoms with van der Waals surface area (Å²) < 4.78 is 14.6. The van der Waals surface area contributed by atoms with Crippen LogP contribution < -0.4 is 5.32 Å². The molecule has 0 amide bonds. The lowest BCUT2D eigenvalue weighted by Gasteiger charge is -2.14. The van der Waals surface area contributed by atoms with Crippen molar-refractivity contribution in [3.8, 4) is 10.4 Å². The topological polar surface area (TPSA) is 12.0 Å². The molecule has 0 fully saturated rings. The van der Waals surface area contributed by atoms with Gasteiger partial charge in [0, 0.05) is 16.5 Å². The van der Waals surface area contributed by atoms with Crippen LogP contribution >= 0.6 is 22.9 Å². The van der Waals surface area contributed by atoms with Crippen molar-refractivity contribution in [2.75, 3.05) is 6.54 Å². The highest BCUT2D eigenvalue weighted by Crippen LogP contribution is 2.33. The highest BCUT2D eigenvalue weighted by Gasteiger charge is 2.11. The molecule has 0 saturated carbocycles. The predicted octanol–water partition coefficient (Wildman–Crippen LogP) is 5.27. The Labute approximate surface area is 122 Å². The van der Waals surface area contributed by atoms with Gasteiger partial charge in [-0.1, -0.05) is 24.6 Å². The molecule has 0 radical (unpaired) electrons. The van der Waals surface area contributed by atoms with E-state index in [4.69, 9.17) is 11.6 Å². The van der Waals surface area contributed by atoms with E-state index in [0.29, 0.717) is 9.90 Å². The number of benzene rings is 1. The molecular formula is C15H17ClFNS. The van der Waals surface area contributed by atoms with Gasteiger partial charge in [-0.05, 0) is 49.7 Å². The van der Waals surface area contributed by atoms with Crippen LogP contribution in [0.15, 0.2) is 30.3 Å². The molecule has 1 heterocycles. The molecule has 1 aromatic heterocycles. The van der Waals surface area contributed by atoms with Crippen molar-refractivity contribution in [1.82, 2.24) is 5.32 Å². The molecule has 0 aliphatic rings. The molecule has 19 heavy (non-hydrogen) atoms. The largest absolute Gasteiger partial charge is 0.310 e. The molecule has 0 aliphatic heterocycles. The third-order valence-electron chi connectivity index (χ3n) is 3.03. The number of hydrogen-bond acceptors (Lipinski definition) is 2. The van der Waals surface area contributed by atoms with Crippen molar-refractivity contribution in [3.63, 3.8) is 0 Å². The summed E-state index contributed by atoms with van der Waals surface area (Å²) in [6.45, 7) is 5.18. The zero-order valence-electron chi connectivity index (χ0n) is 11.0. The fourth-order valence-corrected chi connectivity index (χ4v) is 3.00. The second-order valence-electron chi connectivity index (χ2n) is 4.52. The van der Waals surface area contributed by atoms with Crippen molar-refractivity contribution < 1.29 is 4.39 Å². The van der Waals surface area contributed by atoms with E-state index in [9.17, 15) is 4.39 Å². The van der Waals surface area contributed by atoms with Gasteiger partial charge in [0.2, 0.25) is 0 Å². The minimum absolute atomic E-state index is 0.204. The van der Waals surface area contributed by atoms with Crippen LogP contribution in [0.2, 0.25) is 4.34 Å². The smallest absolute Gasteiger partial charge is 0.131 e. The van der Waals surface area contributed by atoms with E-state index in [2.05, 4.69) is 19.2 Å². The molecule has 2 aromatic rings. The van der Waals surface area contributed by atoms with Crippen LogP contribution in [0, 0.1) is 5.82 Å². The first-order valence-electron chi connectivity index (χ1n) is 6.40. The normalized spacial score (nSPS) is 12.6. The first kappa shape index (κ1) is 14.5. The Morgan fingerprint density at radius 3 is 2.74 bits per heavy atom. The second kappa shape index (κ2) is 6.51. The van der Waals surface area contributed by atoms with E-state index in [0.717, 1.165) is 23.4 Å². The van der Waals surface area contributed by atoms with Crippen LogP contribution in [0.25, 0.3) is 10.4 Å². The number of nitrogens with one attached hydrogen (secondary N) is 1. The third-order valence-corrected chi connectivity index (χ3v) is 4.29. The lowest BCUT2D eigenvalue weighted by molar-refractivity contribution is 0.568. The van der Waals surface area contributed by atoms with Crippen LogP contribution in [-0.2, 0) is 0 Å². The molecular weight excluding hydrogens is 281 g/mol. The van der Waals surface area contributed by atoms with Crippen LogP contribution in [-0.4, -0.2) is 6.54 Å². The molecule has 0 saturated heterocycles. The second-order valence-corrected chi connectivity index (χ2v) is 6.23. The summed E-state index contributed by atoms with van der Waals surface area (Å²) in [5, 5.41) is 3.41. The molecule has 0 spiro atoms. The van der Waals surface area contributed by atoms with Gasteiger partial charge in [-0.15, -0.1) is 11.3 Å². The minimum Gasteiger partial charge on any atom is -0.310 e. The maximum atomic E-state index is 13.9. The first-order valence-corrected chi connectivity index (χ1v) is 7.59. The predicted molar refractivity (Wildman–Crippen MR) is 81.4 cm³/mol. The van der Waals surface area contributed by atoms with Gasteiger partial charge in [-0.3, -0.25) is 0 Å². The Kier molecular flexibility index (Phi) is 4.97. The van der Waals surface area contributed by atoms with Gasteiger partial charge in [0.25, 0.3) is 0 Å². The molecule has 102 valence electrons. The summed E-state index contributed by atoms with van der Waals surface area (Å²) in [5.41, 5.74) is 1.72. The van der Waals surface area contributed by atoms with E-state index >= 15 is 0 Å². The van der Waals surface area contributed by atoms with Gasteiger partial charge in [0.1, 0.15) is 5.82 Å². The van der Waals surface area contributed by atoms with Gasteiger partial charge in [-0.25, -0.2) is 4.39 Å². The number of rotatable bonds is 5. The van der Waals surface area contributed by atoms with Crippen LogP contribution in [0.1, 0.15) is 31.9 Å². The van der Waals surface area contributed by atoms with Crippen molar-refractivity contribution in [2.24, 2.45) is 0 Å². The number of halogens is 2. The van der Waals surface area contributed by atoms with Crippen LogP contribution in [0.4, 0.5) is 4.39 Å². The molecule has 1 aromatic carbocycles. The molecule has 4 heteroatoms. The van der Waals surface area contributed by atoms with Crippen LogP contribution in [0.5, 0.6) is 0 Å². The van der Waals surface area contributed by atoms with E-state index in [-0.39, 0.29) is 11.9 Å². The van der Waals surface area contributed by atoms with E-state index in [1.165, 1.54) is 17.4 Å². The van der Waals surface area contributed by atoms with Crippen molar-refractivity contribution >= 4 is 22.9 Å². The molecule has 1 unspecified atom stereocenters. The minimum atomic E-state index is -0.204. The van der Waals surface area contributed by atoms with Gasteiger partial charge >= 0.3 is 0 Å². The van der Waals surface area contributed by atoms with E-state index in [1.807, 2.05) is 18.2 Å². The fourth-order valence-electron chi connectivity index (χ4n) is 1.94. The Balaban J connectivity index is 2.29. The number of thiophene rings is 1. The molecule has 1 nitrogen and oxygen atoms in total. The Morgan fingerprint density at radius 1 is 1.32 bits per heavy atom. The van der Waals surface area contributed by atoms with E-state index < -0.39 is 0 Å². The summed E-state index contributed by atoms with van der Waals surface area (Å²) >= 11 is 7.32. The van der Waals surface area contributed by atoms with Gasteiger partial charge in [0.15, 0.2) is 0 Å². The van der Waals surface area contributed by atoms with Gasteiger partial charge in [-0.2, -0.15) is 0 Å². The average Bonchev–Trinajstić information content (AvgIpc) is 2.83. The Bertz CT molecular complexity index is 553. The van der Waals surface area contributed by atoms with Gasteiger partial charge < -0.3 is 5.32 Å². The maximum absolute atomic E-state index is 13.9. The quantitative estimate of drug-likeness (QED) is 0.793. The van der Waals surface area contributed by atoms with Crippen LogP contribution in [0.3, 0.4) is 0 Å². The van der Waals surface area contributed by atoms with Gasteiger partial charge in [0.05, 0.1) is 4.34 Å². The standard InChI is InChI=1S/C15H17ClFNS/c1-3-8-18-10(2)11-4-5-13(17)12(9-11)14-6-7-15(16)19-14/h4-7,9-10,18H,3,8H2,1-2H3. The lowest BCUT2D eigenvalue weighted by Crippen LogP contribution is -2.19. The van der Waals surface area contributed by atoms with E-state index in [1.54, 1.807) is 6.07 Å². The highest BCUT2D eigenvalue weighted by atomic mass is 35.5. The lowest BCUT2D eigenvalue weighted by atomic mass is 10.0. The van der Waals surface area contributed by atoms with Crippen molar-refractivity contribution in [2.45, 2.75) is 26.3 Å². The summed E-state index contributed by atoms with van der Waals surface area (Å²) in [7, 11) is 0. The number of hydrogen-bond donors (Lipinski definition) is 1. The molecule has 1 N–H and O–H groups in total. The Hall–Kier alpha value is -0.900. The highest BCUT2D eigenvalue weighted by molar-refractivity contribution is 7.19. The molecule has 2 rings (SSSR count). The zero-order chi connectivity index (χ0) is 13.8. The van der Waals surface area contributed by atoms with Crippen molar-refractivity contribution in [3.05, 3.63) is 46.0 Å². The Morgan fingerprint density at radius 2 is 2.11 bits per heavy atom. The first-order chi connectivity index (χ1) is 9.11.